The molecule has 0 N–H and O–H groups in total. The second-order valence-electron chi connectivity index (χ2n) is 8.46. The van der Waals surface area contributed by atoms with Gasteiger partial charge in [0.1, 0.15) is 5.76 Å². The topological polar surface area (TPSA) is 66.7 Å². The highest BCUT2D eigenvalue weighted by Crippen LogP contribution is 2.24. The number of rotatable bonds is 4. The Morgan fingerprint density at radius 2 is 1.63 bits per heavy atom. The lowest BCUT2D eigenvalue weighted by Gasteiger charge is -2.34. The van der Waals surface area contributed by atoms with Gasteiger partial charge in [-0.1, -0.05) is 31.0 Å². The largest absolute Gasteiger partial charge is 0.441 e. The minimum absolute atomic E-state index is 0.0608. The van der Waals surface area contributed by atoms with Gasteiger partial charge in [-0.25, -0.2) is 4.98 Å². The van der Waals surface area contributed by atoms with Gasteiger partial charge in [-0.15, -0.1) is 0 Å². The predicted octanol–water partition coefficient (Wildman–Crippen LogP) is 3.83. The molecular formula is C24H31N3O3. The van der Waals surface area contributed by atoms with Crippen molar-refractivity contribution in [3.05, 3.63) is 41.8 Å². The Morgan fingerprint density at radius 1 is 0.967 bits per heavy atom. The standard InChI is InChI=1S/C24H31N3O3/c1-18-21(25-23(30-18)19-9-5-4-6-10-19)17-22(28)26-15-11-20(12-16-26)24(29)27-13-7-2-3-8-14-27/h4-6,9-10,20H,2-3,7-8,11-17H2,1H3. The lowest BCUT2D eigenvalue weighted by atomic mass is 9.94. The summed E-state index contributed by atoms with van der Waals surface area (Å²) in [5, 5.41) is 0. The molecule has 0 bridgehead atoms. The fourth-order valence-corrected chi connectivity index (χ4v) is 4.48. The molecule has 2 aliphatic heterocycles. The third-order valence-corrected chi connectivity index (χ3v) is 6.35. The van der Waals surface area contributed by atoms with Crippen LogP contribution < -0.4 is 0 Å². The smallest absolute Gasteiger partial charge is 0.228 e. The van der Waals surface area contributed by atoms with Crippen LogP contribution in [-0.4, -0.2) is 52.8 Å². The van der Waals surface area contributed by atoms with E-state index in [9.17, 15) is 9.59 Å². The van der Waals surface area contributed by atoms with E-state index in [0.29, 0.717) is 36.3 Å². The van der Waals surface area contributed by atoms with Crippen molar-refractivity contribution in [2.45, 2.75) is 51.9 Å². The van der Waals surface area contributed by atoms with Gasteiger partial charge >= 0.3 is 0 Å². The monoisotopic (exact) mass is 409 g/mol. The number of aromatic nitrogens is 1. The molecule has 3 heterocycles. The Bertz CT molecular complexity index is 861. The summed E-state index contributed by atoms with van der Waals surface area (Å²) in [7, 11) is 0. The van der Waals surface area contributed by atoms with Crippen molar-refractivity contribution in [3.8, 4) is 11.5 Å². The molecule has 0 saturated carbocycles. The number of benzene rings is 1. The summed E-state index contributed by atoms with van der Waals surface area (Å²) in [5.41, 5.74) is 1.61. The van der Waals surface area contributed by atoms with E-state index >= 15 is 0 Å². The van der Waals surface area contributed by atoms with E-state index in [0.717, 1.165) is 44.3 Å². The fourth-order valence-electron chi connectivity index (χ4n) is 4.48. The van der Waals surface area contributed by atoms with Crippen LogP contribution in [0.15, 0.2) is 34.7 Å². The van der Waals surface area contributed by atoms with Crippen LogP contribution in [0, 0.1) is 12.8 Å². The minimum Gasteiger partial charge on any atom is -0.441 e. The molecule has 6 nitrogen and oxygen atoms in total. The number of piperidine rings is 1. The van der Waals surface area contributed by atoms with Gasteiger partial charge in [0.05, 0.1) is 12.1 Å². The molecule has 0 aliphatic carbocycles. The lowest BCUT2D eigenvalue weighted by Crippen LogP contribution is -2.45. The zero-order valence-corrected chi connectivity index (χ0v) is 17.8. The Labute approximate surface area is 178 Å². The summed E-state index contributed by atoms with van der Waals surface area (Å²) in [6.45, 7) is 4.94. The van der Waals surface area contributed by atoms with E-state index in [2.05, 4.69) is 9.88 Å². The molecule has 0 unspecified atom stereocenters. The number of nitrogens with zero attached hydrogens (tertiary/aromatic N) is 3. The zero-order chi connectivity index (χ0) is 20.9. The van der Waals surface area contributed by atoms with Crippen LogP contribution >= 0.6 is 0 Å². The average molecular weight is 410 g/mol. The fraction of sp³-hybridized carbons (Fsp3) is 0.542. The summed E-state index contributed by atoms with van der Waals surface area (Å²) < 4.78 is 5.78. The van der Waals surface area contributed by atoms with Crippen molar-refractivity contribution >= 4 is 11.8 Å². The molecule has 2 aromatic rings. The molecule has 2 saturated heterocycles. The SMILES string of the molecule is Cc1oc(-c2ccccc2)nc1CC(=O)N1CCC(C(=O)N2CCCCCC2)CC1. The normalized spacial score (nSPS) is 18.3. The average Bonchev–Trinajstić information content (AvgIpc) is 2.97. The van der Waals surface area contributed by atoms with Gasteiger partial charge in [0, 0.05) is 37.7 Å². The lowest BCUT2D eigenvalue weighted by molar-refractivity contribution is -0.140. The highest BCUT2D eigenvalue weighted by Gasteiger charge is 2.31. The first-order valence-corrected chi connectivity index (χ1v) is 11.2. The van der Waals surface area contributed by atoms with E-state index in [1.54, 1.807) is 0 Å². The number of amides is 2. The quantitative estimate of drug-likeness (QED) is 0.770. The Kier molecular flexibility index (Phi) is 6.50. The first-order valence-electron chi connectivity index (χ1n) is 11.2. The first kappa shape index (κ1) is 20.6. The van der Waals surface area contributed by atoms with Crippen molar-refractivity contribution in [3.63, 3.8) is 0 Å². The molecule has 0 atom stereocenters. The number of oxazole rings is 1. The van der Waals surface area contributed by atoms with Crippen molar-refractivity contribution in [2.75, 3.05) is 26.2 Å². The Balaban J connectivity index is 1.31. The number of aryl methyl sites for hydroxylation is 1. The molecule has 6 heteroatoms. The van der Waals surface area contributed by atoms with Crippen molar-refractivity contribution < 1.29 is 14.0 Å². The summed E-state index contributed by atoms with van der Waals surface area (Å²) in [6.07, 6.45) is 6.44. The predicted molar refractivity (Wildman–Crippen MR) is 115 cm³/mol. The van der Waals surface area contributed by atoms with Gasteiger partial charge in [-0.3, -0.25) is 9.59 Å². The third-order valence-electron chi connectivity index (χ3n) is 6.35. The molecule has 2 fully saturated rings. The maximum absolute atomic E-state index is 12.9. The van der Waals surface area contributed by atoms with Crippen molar-refractivity contribution in [2.24, 2.45) is 5.92 Å². The summed E-state index contributed by atoms with van der Waals surface area (Å²) >= 11 is 0. The second kappa shape index (κ2) is 9.45. The first-order chi connectivity index (χ1) is 14.6. The summed E-state index contributed by atoms with van der Waals surface area (Å²) in [6, 6.07) is 9.73. The van der Waals surface area contributed by atoms with E-state index in [-0.39, 0.29) is 18.2 Å². The number of hydrogen-bond donors (Lipinski definition) is 0. The third kappa shape index (κ3) is 4.74. The van der Waals surface area contributed by atoms with Crippen LogP contribution in [0.5, 0.6) is 0 Å². The van der Waals surface area contributed by atoms with Gasteiger partial charge in [0.25, 0.3) is 0 Å². The molecule has 1 aromatic carbocycles. The number of carbonyl (C=O) groups excluding carboxylic acids is 2. The van der Waals surface area contributed by atoms with Crippen LogP contribution in [-0.2, 0) is 16.0 Å². The Morgan fingerprint density at radius 3 is 2.30 bits per heavy atom. The van der Waals surface area contributed by atoms with Gasteiger partial charge in [-0.05, 0) is 44.7 Å². The number of hydrogen-bond acceptors (Lipinski definition) is 4. The molecular weight excluding hydrogens is 378 g/mol. The minimum atomic E-state index is 0.0608. The maximum atomic E-state index is 12.9. The second-order valence-corrected chi connectivity index (χ2v) is 8.46. The van der Waals surface area contributed by atoms with Gasteiger partial charge < -0.3 is 14.2 Å². The van der Waals surface area contributed by atoms with Gasteiger partial charge in [0.2, 0.25) is 17.7 Å². The molecule has 30 heavy (non-hydrogen) atoms. The molecule has 160 valence electrons. The molecule has 4 rings (SSSR count). The highest BCUT2D eigenvalue weighted by molar-refractivity contribution is 5.81. The molecule has 2 amide bonds. The van der Waals surface area contributed by atoms with Crippen LogP contribution in [0.4, 0.5) is 0 Å². The molecule has 0 radical (unpaired) electrons. The van der Waals surface area contributed by atoms with Gasteiger partial charge in [0.15, 0.2) is 0 Å². The van der Waals surface area contributed by atoms with Crippen LogP contribution in [0.1, 0.15) is 50.0 Å². The number of likely N-dealkylation sites (tertiary alicyclic amines) is 2. The van der Waals surface area contributed by atoms with Crippen LogP contribution in [0.25, 0.3) is 11.5 Å². The zero-order valence-electron chi connectivity index (χ0n) is 17.8. The van der Waals surface area contributed by atoms with Gasteiger partial charge in [-0.2, -0.15) is 0 Å². The van der Waals surface area contributed by atoms with Crippen LogP contribution in [0.2, 0.25) is 0 Å². The van der Waals surface area contributed by atoms with E-state index in [4.69, 9.17) is 4.42 Å². The van der Waals surface area contributed by atoms with Crippen molar-refractivity contribution in [1.29, 1.82) is 0 Å². The van der Waals surface area contributed by atoms with Crippen LogP contribution in [0.3, 0.4) is 0 Å². The van der Waals surface area contributed by atoms with E-state index < -0.39 is 0 Å². The highest BCUT2D eigenvalue weighted by atomic mass is 16.4. The Hall–Kier alpha value is -2.63. The number of carbonyl (C=O) groups is 2. The van der Waals surface area contributed by atoms with Crippen molar-refractivity contribution in [1.82, 2.24) is 14.8 Å². The maximum Gasteiger partial charge on any atom is 0.228 e. The molecule has 0 spiro atoms. The molecule has 1 aromatic heterocycles. The van der Waals surface area contributed by atoms with E-state index in [1.165, 1.54) is 12.8 Å². The summed E-state index contributed by atoms with van der Waals surface area (Å²) in [4.78, 5) is 34.2. The summed E-state index contributed by atoms with van der Waals surface area (Å²) in [5.74, 6) is 1.66. The van der Waals surface area contributed by atoms with E-state index in [1.807, 2.05) is 42.2 Å². The molecule has 2 aliphatic rings.